The third-order valence-corrected chi connectivity index (χ3v) is 4.78. The van der Waals surface area contributed by atoms with Crippen LogP contribution in [0, 0.1) is 0 Å². The Labute approximate surface area is 184 Å². The Morgan fingerprint density at radius 1 is 1.13 bits per heavy atom. The molecule has 1 unspecified atom stereocenters. The molecular formula is C24H31N5O2. The number of aliphatic imine (C=N–C) groups is 1. The molecule has 0 radical (unpaired) electrons. The molecule has 7 nitrogen and oxygen atoms in total. The lowest BCUT2D eigenvalue weighted by Gasteiger charge is -2.19. The van der Waals surface area contributed by atoms with Crippen LogP contribution in [0.1, 0.15) is 37.9 Å². The van der Waals surface area contributed by atoms with E-state index in [0.29, 0.717) is 13.2 Å². The summed E-state index contributed by atoms with van der Waals surface area (Å²) in [5, 5.41) is 11.1. The van der Waals surface area contributed by atoms with Gasteiger partial charge >= 0.3 is 0 Å². The third kappa shape index (κ3) is 6.01. The average Bonchev–Trinajstić information content (AvgIpc) is 3.33. The molecule has 1 atom stereocenters. The molecule has 1 heterocycles. The van der Waals surface area contributed by atoms with Crippen LogP contribution in [0.3, 0.4) is 0 Å². The van der Waals surface area contributed by atoms with Crippen LogP contribution in [0.25, 0.3) is 5.69 Å². The zero-order valence-corrected chi connectivity index (χ0v) is 18.6. The summed E-state index contributed by atoms with van der Waals surface area (Å²) < 4.78 is 12.9. The highest BCUT2D eigenvalue weighted by Crippen LogP contribution is 2.28. The van der Waals surface area contributed by atoms with E-state index in [1.807, 2.05) is 54.2 Å². The second-order valence-electron chi connectivity index (χ2n) is 7.03. The predicted molar refractivity (Wildman–Crippen MR) is 124 cm³/mol. The maximum absolute atomic E-state index is 5.68. The third-order valence-electron chi connectivity index (χ3n) is 4.78. The first kappa shape index (κ1) is 22.2. The molecule has 0 aliphatic rings. The Morgan fingerprint density at radius 2 is 2.00 bits per heavy atom. The Hall–Kier alpha value is -3.48. The van der Waals surface area contributed by atoms with Crippen LogP contribution in [0.4, 0.5) is 0 Å². The smallest absolute Gasteiger partial charge is 0.192 e. The van der Waals surface area contributed by atoms with E-state index < -0.39 is 0 Å². The number of guanidine groups is 1. The first-order chi connectivity index (χ1) is 15.1. The Bertz CT molecular complexity index is 985. The van der Waals surface area contributed by atoms with Crippen molar-refractivity contribution in [3.63, 3.8) is 0 Å². The average molecular weight is 422 g/mol. The fourth-order valence-electron chi connectivity index (χ4n) is 3.22. The maximum Gasteiger partial charge on any atom is 0.192 e. The van der Waals surface area contributed by atoms with Gasteiger partial charge in [0.2, 0.25) is 0 Å². The van der Waals surface area contributed by atoms with Crippen LogP contribution in [0.15, 0.2) is 65.9 Å². The van der Waals surface area contributed by atoms with Crippen molar-refractivity contribution in [2.24, 2.45) is 4.99 Å². The molecule has 0 saturated heterocycles. The second-order valence-corrected chi connectivity index (χ2v) is 7.03. The van der Waals surface area contributed by atoms with Gasteiger partial charge in [-0.3, -0.25) is 0 Å². The standard InChI is InChI=1S/C24H31N5O2/c1-5-25-24(26-17-19-11-12-22(30-4)23(15-19)31-6-2)28-18(3)20-9-7-10-21(16-20)29-14-8-13-27-29/h7-16,18H,5-6,17H2,1-4H3,(H2,25,26,28). The fourth-order valence-corrected chi connectivity index (χ4v) is 3.22. The van der Waals surface area contributed by atoms with Crippen molar-refractivity contribution in [3.8, 4) is 17.2 Å². The van der Waals surface area contributed by atoms with E-state index in [2.05, 4.69) is 41.7 Å². The maximum atomic E-state index is 5.68. The molecule has 2 aromatic carbocycles. The van der Waals surface area contributed by atoms with Gasteiger partial charge in [-0.05, 0) is 62.2 Å². The Kier molecular flexibility index (Phi) is 7.92. The molecule has 31 heavy (non-hydrogen) atoms. The largest absolute Gasteiger partial charge is 0.493 e. The molecule has 3 rings (SSSR count). The molecule has 164 valence electrons. The van der Waals surface area contributed by atoms with Crippen molar-refractivity contribution in [1.82, 2.24) is 20.4 Å². The van der Waals surface area contributed by atoms with Crippen LogP contribution < -0.4 is 20.1 Å². The van der Waals surface area contributed by atoms with Gasteiger partial charge in [-0.25, -0.2) is 9.67 Å². The van der Waals surface area contributed by atoms with E-state index in [1.54, 1.807) is 13.3 Å². The minimum absolute atomic E-state index is 0.0724. The zero-order valence-electron chi connectivity index (χ0n) is 18.6. The van der Waals surface area contributed by atoms with Gasteiger partial charge in [0.05, 0.1) is 32.0 Å². The zero-order chi connectivity index (χ0) is 22.1. The molecule has 1 aromatic heterocycles. The van der Waals surface area contributed by atoms with Gasteiger partial charge in [-0.1, -0.05) is 18.2 Å². The van der Waals surface area contributed by atoms with Gasteiger partial charge in [0, 0.05) is 18.9 Å². The van der Waals surface area contributed by atoms with Crippen LogP contribution >= 0.6 is 0 Å². The van der Waals surface area contributed by atoms with Crippen molar-refractivity contribution >= 4 is 5.96 Å². The molecule has 0 aliphatic heterocycles. The summed E-state index contributed by atoms with van der Waals surface area (Å²) in [5.41, 5.74) is 3.23. The van der Waals surface area contributed by atoms with E-state index >= 15 is 0 Å². The minimum Gasteiger partial charge on any atom is -0.493 e. The van der Waals surface area contributed by atoms with Crippen LogP contribution in [0.2, 0.25) is 0 Å². The summed E-state index contributed by atoms with van der Waals surface area (Å²) in [6, 6.07) is 16.2. The summed E-state index contributed by atoms with van der Waals surface area (Å²) in [6.07, 6.45) is 3.72. The number of hydrogen-bond donors (Lipinski definition) is 2. The number of hydrogen-bond acceptors (Lipinski definition) is 4. The van der Waals surface area contributed by atoms with Crippen molar-refractivity contribution in [1.29, 1.82) is 0 Å². The first-order valence-corrected chi connectivity index (χ1v) is 10.6. The summed E-state index contributed by atoms with van der Waals surface area (Å²) in [4.78, 5) is 4.76. The quantitative estimate of drug-likeness (QED) is 0.402. The normalized spacial score (nSPS) is 12.3. The Balaban J connectivity index is 1.73. The number of nitrogens with zero attached hydrogens (tertiary/aromatic N) is 3. The van der Waals surface area contributed by atoms with E-state index in [-0.39, 0.29) is 6.04 Å². The van der Waals surface area contributed by atoms with Gasteiger partial charge in [0.15, 0.2) is 17.5 Å². The molecular weight excluding hydrogens is 390 g/mol. The van der Waals surface area contributed by atoms with Crippen LogP contribution in [-0.4, -0.2) is 36.0 Å². The highest BCUT2D eigenvalue weighted by Gasteiger charge is 2.10. The van der Waals surface area contributed by atoms with Gasteiger partial charge in [0.1, 0.15) is 0 Å². The first-order valence-electron chi connectivity index (χ1n) is 10.6. The summed E-state index contributed by atoms with van der Waals surface area (Å²) in [7, 11) is 1.64. The molecule has 0 fully saturated rings. The summed E-state index contributed by atoms with van der Waals surface area (Å²) >= 11 is 0. The van der Waals surface area contributed by atoms with E-state index in [9.17, 15) is 0 Å². The lowest BCUT2D eigenvalue weighted by molar-refractivity contribution is 0.310. The van der Waals surface area contributed by atoms with Gasteiger partial charge in [-0.15, -0.1) is 0 Å². The van der Waals surface area contributed by atoms with E-state index in [0.717, 1.165) is 40.8 Å². The topological polar surface area (TPSA) is 72.7 Å². The lowest BCUT2D eigenvalue weighted by Crippen LogP contribution is -2.38. The molecule has 0 spiro atoms. The van der Waals surface area contributed by atoms with Gasteiger partial charge in [-0.2, -0.15) is 5.10 Å². The molecule has 7 heteroatoms. The van der Waals surface area contributed by atoms with Gasteiger partial charge in [0.25, 0.3) is 0 Å². The fraction of sp³-hybridized carbons (Fsp3) is 0.333. The number of benzene rings is 2. The Morgan fingerprint density at radius 3 is 2.71 bits per heavy atom. The molecule has 0 aliphatic carbocycles. The molecule has 0 saturated carbocycles. The highest BCUT2D eigenvalue weighted by molar-refractivity contribution is 5.80. The molecule has 2 N–H and O–H groups in total. The van der Waals surface area contributed by atoms with Crippen molar-refractivity contribution < 1.29 is 9.47 Å². The van der Waals surface area contributed by atoms with Crippen LogP contribution in [0.5, 0.6) is 11.5 Å². The van der Waals surface area contributed by atoms with Crippen molar-refractivity contribution in [2.45, 2.75) is 33.4 Å². The van der Waals surface area contributed by atoms with Gasteiger partial charge < -0.3 is 20.1 Å². The number of aromatic nitrogens is 2. The minimum atomic E-state index is 0.0724. The highest BCUT2D eigenvalue weighted by atomic mass is 16.5. The summed E-state index contributed by atoms with van der Waals surface area (Å²) in [6.45, 7) is 8.02. The van der Waals surface area contributed by atoms with Crippen molar-refractivity contribution in [3.05, 3.63) is 72.1 Å². The molecule has 0 bridgehead atoms. The molecule has 3 aromatic rings. The molecule has 0 amide bonds. The lowest BCUT2D eigenvalue weighted by atomic mass is 10.1. The SMILES string of the molecule is CCNC(=NCc1ccc(OC)c(OCC)c1)NC(C)c1cccc(-n2cccn2)c1. The number of methoxy groups -OCH3 is 1. The summed E-state index contributed by atoms with van der Waals surface area (Å²) in [5.74, 6) is 2.22. The number of ether oxygens (including phenoxy) is 2. The number of rotatable bonds is 9. The second kappa shape index (κ2) is 11.1. The predicted octanol–water partition coefficient (Wildman–Crippen LogP) is 4.10. The van der Waals surface area contributed by atoms with E-state index in [1.165, 1.54) is 0 Å². The monoisotopic (exact) mass is 421 g/mol. The van der Waals surface area contributed by atoms with E-state index in [4.69, 9.17) is 14.5 Å². The number of nitrogens with one attached hydrogen (secondary N) is 2. The van der Waals surface area contributed by atoms with Crippen LogP contribution in [-0.2, 0) is 6.54 Å². The van der Waals surface area contributed by atoms with Crippen molar-refractivity contribution in [2.75, 3.05) is 20.3 Å².